The molecule has 2 aliphatic carbocycles. The van der Waals surface area contributed by atoms with Crippen LogP contribution in [0.15, 0.2) is 0 Å². The Balaban J connectivity index is 2.15. The maximum atomic E-state index is 10.0. The SMILES string of the molecule is C[C@H]1C[C@H]2CCC[C@@]2(O)C1. The fourth-order valence-electron chi connectivity index (χ4n) is 2.91. The Hall–Kier alpha value is -0.0400. The van der Waals surface area contributed by atoms with Gasteiger partial charge >= 0.3 is 0 Å². The minimum atomic E-state index is -0.223. The van der Waals surface area contributed by atoms with Crippen LogP contribution in [0.4, 0.5) is 0 Å². The Morgan fingerprint density at radius 1 is 1.50 bits per heavy atom. The van der Waals surface area contributed by atoms with Crippen molar-refractivity contribution in [3.8, 4) is 0 Å². The monoisotopic (exact) mass is 140 g/mol. The van der Waals surface area contributed by atoms with Gasteiger partial charge in [0.05, 0.1) is 5.60 Å². The standard InChI is InChI=1S/C9H16O/c1-7-5-8-3-2-4-9(8,10)6-7/h7-8,10H,2-6H2,1H3/t7-,8+,9+/m0/s1. The van der Waals surface area contributed by atoms with Crippen LogP contribution in [0.25, 0.3) is 0 Å². The average Bonchev–Trinajstić information content (AvgIpc) is 2.20. The molecule has 2 fully saturated rings. The van der Waals surface area contributed by atoms with E-state index in [4.69, 9.17) is 0 Å². The van der Waals surface area contributed by atoms with Crippen molar-refractivity contribution in [1.29, 1.82) is 0 Å². The highest BCUT2D eigenvalue weighted by atomic mass is 16.3. The van der Waals surface area contributed by atoms with Gasteiger partial charge in [0, 0.05) is 0 Å². The zero-order valence-electron chi connectivity index (χ0n) is 6.64. The van der Waals surface area contributed by atoms with E-state index in [9.17, 15) is 5.11 Å². The van der Waals surface area contributed by atoms with Gasteiger partial charge in [-0.2, -0.15) is 0 Å². The van der Waals surface area contributed by atoms with Gasteiger partial charge in [0.15, 0.2) is 0 Å². The molecule has 3 atom stereocenters. The van der Waals surface area contributed by atoms with Gasteiger partial charge in [-0.3, -0.25) is 0 Å². The van der Waals surface area contributed by atoms with Crippen molar-refractivity contribution in [2.75, 3.05) is 0 Å². The average molecular weight is 140 g/mol. The maximum absolute atomic E-state index is 10.0. The van der Waals surface area contributed by atoms with E-state index < -0.39 is 0 Å². The summed E-state index contributed by atoms with van der Waals surface area (Å²) in [5, 5.41) is 10.0. The molecule has 0 unspecified atom stereocenters. The van der Waals surface area contributed by atoms with Crippen LogP contribution in [-0.4, -0.2) is 10.7 Å². The summed E-state index contributed by atoms with van der Waals surface area (Å²) in [6, 6.07) is 0. The van der Waals surface area contributed by atoms with Crippen LogP contribution in [0.1, 0.15) is 39.0 Å². The largest absolute Gasteiger partial charge is 0.390 e. The van der Waals surface area contributed by atoms with Crippen LogP contribution in [0, 0.1) is 11.8 Å². The minimum absolute atomic E-state index is 0.223. The summed E-state index contributed by atoms with van der Waals surface area (Å²) in [6.45, 7) is 2.26. The Labute approximate surface area is 62.4 Å². The van der Waals surface area contributed by atoms with Crippen molar-refractivity contribution < 1.29 is 5.11 Å². The quantitative estimate of drug-likeness (QED) is 0.545. The van der Waals surface area contributed by atoms with Gasteiger partial charge in [-0.15, -0.1) is 0 Å². The van der Waals surface area contributed by atoms with E-state index in [0.29, 0.717) is 5.92 Å². The molecule has 2 rings (SSSR count). The summed E-state index contributed by atoms with van der Waals surface area (Å²) < 4.78 is 0. The van der Waals surface area contributed by atoms with Crippen molar-refractivity contribution in [3.63, 3.8) is 0 Å². The highest BCUT2D eigenvalue weighted by Crippen LogP contribution is 2.49. The summed E-state index contributed by atoms with van der Waals surface area (Å²) in [7, 11) is 0. The maximum Gasteiger partial charge on any atom is 0.0678 e. The van der Waals surface area contributed by atoms with Crippen molar-refractivity contribution in [1.82, 2.24) is 0 Å². The molecule has 1 heteroatoms. The molecule has 0 aromatic carbocycles. The molecule has 0 spiro atoms. The fourth-order valence-corrected chi connectivity index (χ4v) is 2.91. The van der Waals surface area contributed by atoms with Gasteiger partial charge in [0.25, 0.3) is 0 Å². The fraction of sp³-hybridized carbons (Fsp3) is 1.00. The summed E-state index contributed by atoms with van der Waals surface area (Å²) in [5.41, 5.74) is -0.223. The Morgan fingerprint density at radius 2 is 2.30 bits per heavy atom. The van der Waals surface area contributed by atoms with E-state index in [2.05, 4.69) is 6.92 Å². The van der Waals surface area contributed by atoms with E-state index in [0.717, 1.165) is 18.8 Å². The summed E-state index contributed by atoms with van der Waals surface area (Å²) in [5.74, 6) is 1.43. The second kappa shape index (κ2) is 1.97. The van der Waals surface area contributed by atoms with Crippen LogP contribution in [0.2, 0.25) is 0 Å². The third kappa shape index (κ3) is 0.800. The number of fused-ring (bicyclic) bond motifs is 1. The zero-order chi connectivity index (χ0) is 7.19. The lowest BCUT2D eigenvalue weighted by atomic mass is 9.95. The van der Waals surface area contributed by atoms with Gasteiger partial charge in [-0.05, 0) is 37.5 Å². The predicted octanol–water partition coefficient (Wildman–Crippen LogP) is 1.95. The number of aliphatic hydroxyl groups is 1. The molecular formula is C9H16O. The van der Waals surface area contributed by atoms with E-state index in [1.807, 2.05) is 0 Å². The van der Waals surface area contributed by atoms with Crippen molar-refractivity contribution in [2.45, 2.75) is 44.6 Å². The van der Waals surface area contributed by atoms with E-state index in [1.165, 1.54) is 19.3 Å². The second-order valence-electron chi connectivity index (χ2n) is 4.24. The Morgan fingerprint density at radius 3 is 3.00 bits per heavy atom. The molecule has 0 aromatic rings. The number of hydrogen-bond donors (Lipinski definition) is 1. The van der Waals surface area contributed by atoms with Gasteiger partial charge in [0.1, 0.15) is 0 Å². The molecule has 0 aromatic heterocycles. The van der Waals surface area contributed by atoms with Crippen LogP contribution in [-0.2, 0) is 0 Å². The van der Waals surface area contributed by atoms with Gasteiger partial charge in [-0.1, -0.05) is 13.3 Å². The van der Waals surface area contributed by atoms with Crippen molar-refractivity contribution in [2.24, 2.45) is 11.8 Å². The lowest BCUT2D eigenvalue weighted by molar-refractivity contribution is 0.0214. The highest BCUT2D eigenvalue weighted by Gasteiger charge is 2.47. The predicted molar refractivity (Wildman–Crippen MR) is 40.7 cm³/mol. The summed E-state index contributed by atoms with van der Waals surface area (Å²) in [6.07, 6.45) is 5.95. The molecule has 58 valence electrons. The highest BCUT2D eigenvalue weighted by molar-refractivity contribution is 4.98. The van der Waals surface area contributed by atoms with E-state index >= 15 is 0 Å². The van der Waals surface area contributed by atoms with Crippen LogP contribution < -0.4 is 0 Å². The first kappa shape index (κ1) is 6.66. The molecule has 1 nitrogen and oxygen atoms in total. The molecule has 0 radical (unpaired) electrons. The molecule has 0 amide bonds. The molecule has 1 N–H and O–H groups in total. The summed E-state index contributed by atoms with van der Waals surface area (Å²) >= 11 is 0. The van der Waals surface area contributed by atoms with E-state index in [-0.39, 0.29) is 5.60 Å². The molecule has 2 aliphatic rings. The summed E-state index contributed by atoms with van der Waals surface area (Å²) in [4.78, 5) is 0. The molecule has 0 saturated heterocycles. The molecule has 10 heavy (non-hydrogen) atoms. The first-order valence-corrected chi connectivity index (χ1v) is 4.43. The lowest BCUT2D eigenvalue weighted by Crippen LogP contribution is -2.27. The lowest BCUT2D eigenvalue weighted by Gasteiger charge is -2.21. The first-order valence-electron chi connectivity index (χ1n) is 4.43. The van der Waals surface area contributed by atoms with E-state index in [1.54, 1.807) is 0 Å². The number of hydrogen-bond acceptors (Lipinski definition) is 1. The second-order valence-corrected chi connectivity index (χ2v) is 4.24. The number of rotatable bonds is 0. The minimum Gasteiger partial charge on any atom is -0.390 e. The Bertz CT molecular complexity index is 144. The van der Waals surface area contributed by atoms with Crippen LogP contribution in [0.3, 0.4) is 0 Å². The van der Waals surface area contributed by atoms with Crippen molar-refractivity contribution in [3.05, 3.63) is 0 Å². The molecule has 0 bridgehead atoms. The van der Waals surface area contributed by atoms with Crippen LogP contribution in [0.5, 0.6) is 0 Å². The van der Waals surface area contributed by atoms with Gasteiger partial charge in [-0.25, -0.2) is 0 Å². The Kier molecular flexibility index (Phi) is 1.31. The molecular weight excluding hydrogens is 124 g/mol. The first-order chi connectivity index (χ1) is 4.71. The van der Waals surface area contributed by atoms with Crippen LogP contribution >= 0.6 is 0 Å². The normalized spacial score (nSPS) is 53.4. The zero-order valence-corrected chi connectivity index (χ0v) is 6.64. The third-order valence-corrected chi connectivity index (χ3v) is 3.31. The van der Waals surface area contributed by atoms with Gasteiger partial charge in [0.2, 0.25) is 0 Å². The third-order valence-electron chi connectivity index (χ3n) is 3.31. The van der Waals surface area contributed by atoms with Gasteiger partial charge < -0.3 is 5.11 Å². The molecule has 0 aliphatic heterocycles. The molecule has 0 heterocycles. The smallest absolute Gasteiger partial charge is 0.0678 e. The topological polar surface area (TPSA) is 20.2 Å². The van der Waals surface area contributed by atoms with Crippen molar-refractivity contribution >= 4 is 0 Å². The molecule has 2 saturated carbocycles.